The second-order valence-corrected chi connectivity index (χ2v) is 6.63. The standard InChI is InChI=1S/C16H21N7O5/c1-7(4-26-3)20-13-9-14(18-5-17-13)23(6-19-9)16-11(25)10(24)12(28-16)15-22-21-8(2)27-15/h5-7,10-12,16,24-25H,4H2,1-3H3,(H,17,18,20)/t7-,10+,11-,12+,16-/m1/s1. The number of aryl methyl sites for hydroxylation is 1. The van der Waals surface area contributed by atoms with Crippen LogP contribution in [0.2, 0.25) is 0 Å². The van der Waals surface area contributed by atoms with Gasteiger partial charge < -0.3 is 29.4 Å². The Bertz CT molecular complexity index is 960. The molecule has 28 heavy (non-hydrogen) atoms. The molecule has 0 bridgehead atoms. The molecule has 5 atom stereocenters. The number of rotatable bonds is 6. The van der Waals surface area contributed by atoms with Crippen molar-refractivity contribution in [2.45, 2.75) is 44.4 Å². The molecule has 0 radical (unpaired) electrons. The maximum absolute atomic E-state index is 10.5. The molecule has 0 aliphatic carbocycles. The number of aromatic nitrogens is 6. The first-order valence-electron chi connectivity index (χ1n) is 8.74. The third kappa shape index (κ3) is 3.20. The summed E-state index contributed by atoms with van der Waals surface area (Å²) in [6.45, 7) is 4.07. The van der Waals surface area contributed by atoms with E-state index >= 15 is 0 Å². The summed E-state index contributed by atoms with van der Waals surface area (Å²) in [4.78, 5) is 12.8. The predicted molar refractivity (Wildman–Crippen MR) is 94.2 cm³/mol. The van der Waals surface area contributed by atoms with Gasteiger partial charge in [0.1, 0.15) is 18.5 Å². The minimum absolute atomic E-state index is 0.00791. The molecule has 4 heterocycles. The van der Waals surface area contributed by atoms with Crippen molar-refractivity contribution in [2.24, 2.45) is 0 Å². The Morgan fingerprint density at radius 1 is 1.25 bits per heavy atom. The van der Waals surface area contributed by atoms with Crippen LogP contribution in [-0.2, 0) is 9.47 Å². The number of methoxy groups -OCH3 is 1. The van der Waals surface area contributed by atoms with Gasteiger partial charge in [-0.2, -0.15) is 0 Å². The lowest BCUT2D eigenvalue weighted by atomic mass is 10.1. The van der Waals surface area contributed by atoms with Crippen molar-refractivity contribution in [1.29, 1.82) is 0 Å². The summed E-state index contributed by atoms with van der Waals surface area (Å²) in [7, 11) is 1.62. The Hall–Kier alpha value is -2.67. The SMILES string of the molecule is COC[C@@H](C)Nc1ncnc2c1ncn2[C@@H]1O[C@H](c2nnc(C)o2)[C@@H](O)[C@H]1O. The molecule has 1 saturated heterocycles. The summed E-state index contributed by atoms with van der Waals surface area (Å²) < 4.78 is 17.8. The molecule has 0 saturated carbocycles. The third-order valence-electron chi connectivity index (χ3n) is 4.46. The van der Waals surface area contributed by atoms with E-state index in [1.54, 1.807) is 18.6 Å². The van der Waals surface area contributed by atoms with Gasteiger partial charge in [-0.1, -0.05) is 0 Å². The lowest BCUT2D eigenvalue weighted by Gasteiger charge is -2.17. The number of aliphatic hydroxyl groups is 2. The molecule has 1 fully saturated rings. The van der Waals surface area contributed by atoms with Crippen molar-refractivity contribution in [3.8, 4) is 0 Å². The number of anilines is 1. The molecular formula is C16H21N7O5. The number of aliphatic hydroxyl groups excluding tert-OH is 2. The van der Waals surface area contributed by atoms with Crippen molar-refractivity contribution in [2.75, 3.05) is 19.0 Å². The maximum Gasteiger partial charge on any atom is 0.248 e. The van der Waals surface area contributed by atoms with Crippen molar-refractivity contribution in [3.63, 3.8) is 0 Å². The highest BCUT2D eigenvalue weighted by atomic mass is 16.6. The molecule has 12 heteroatoms. The molecule has 12 nitrogen and oxygen atoms in total. The topological polar surface area (TPSA) is 153 Å². The number of hydrogen-bond donors (Lipinski definition) is 3. The summed E-state index contributed by atoms with van der Waals surface area (Å²) in [5.74, 6) is 0.970. The van der Waals surface area contributed by atoms with E-state index in [0.29, 0.717) is 29.5 Å². The zero-order valence-corrected chi connectivity index (χ0v) is 15.6. The van der Waals surface area contributed by atoms with Crippen LogP contribution in [0.15, 0.2) is 17.1 Å². The van der Waals surface area contributed by atoms with Gasteiger partial charge in [0.15, 0.2) is 29.3 Å². The fourth-order valence-corrected chi connectivity index (χ4v) is 3.19. The first kappa shape index (κ1) is 18.7. The highest BCUT2D eigenvalue weighted by molar-refractivity contribution is 5.82. The fourth-order valence-electron chi connectivity index (χ4n) is 3.19. The lowest BCUT2D eigenvalue weighted by molar-refractivity contribution is -0.0439. The second kappa shape index (κ2) is 7.39. The zero-order chi connectivity index (χ0) is 19.8. The second-order valence-electron chi connectivity index (χ2n) is 6.63. The number of hydrogen-bond acceptors (Lipinski definition) is 11. The van der Waals surface area contributed by atoms with E-state index in [4.69, 9.17) is 13.9 Å². The Balaban J connectivity index is 1.64. The van der Waals surface area contributed by atoms with Crippen LogP contribution in [0, 0.1) is 6.92 Å². The number of ether oxygens (including phenoxy) is 2. The Labute approximate surface area is 159 Å². The molecule has 0 aromatic carbocycles. The average molecular weight is 391 g/mol. The van der Waals surface area contributed by atoms with Gasteiger partial charge in [0.25, 0.3) is 0 Å². The summed E-state index contributed by atoms with van der Waals surface area (Å²) >= 11 is 0. The summed E-state index contributed by atoms with van der Waals surface area (Å²) in [5, 5.41) is 31.7. The van der Waals surface area contributed by atoms with E-state index in [0.717, 1.165) is 0 Å². The van der Waals surface area contributed by atoms with Crippen LogP contribution in [0.1, 0.15) is 31.0 Å². The van der Waals surface area contributed by atoms with Gasteiger partial charge in [0, 0.05) is 20.1 Å². The zero-order valence-electron chi connectivity index (χ0n) is 15.6. The Morgan fingerprint density at radius 2 is 2.07 bits per heavy atom. The summed E-state index contributed by atoms with van der Waals surface area (Å²) in [5.41, 5.74) is 0.952. The molecule has 0 amide bonds. The predicted octanol–water partition coefficient (Wildman–Crippen LogP) is -0.0436. The van der Waals surface area contributed by atoms with Gasteiger partial charge in [-0.15, -0.1) is 10.2 Å². The quantitative estimate of drug-likeness (QED) is 0.518. The molecular weight excluding hydrogens is 370 g/mol. The summed E-state index contributed by atoms with van der Waals surface area (Å²) in [6, 6.07) is 0.00791. The van der Waals surface area contributed by atoms with E-state index in [1.807, 2.05) is 6.92 Å². The Kier molecular flexibility index (Phi) is 4.93. The average Bonchev–Trinajstić information content (AvgIpc) is 3.35. The van der Waals surface area contributed by atoms with E-state index in [2.05, 4.69) is 30.5 Å². The Morgan fingerprint density at radius 3 is 2.79 bits per heavy atom. The monoisotopic (exact) mass is 391 g/mol. The van der Waals surface area contributed by atoms with Crippen LogP contribution >= 0.6 is 0 Å². The smallest absolute Gasteiger partial charge is 0.248 e. The molecule has 0 spiro atoms. The van der Waals surface area contributed by atoms with Crippen LogP contribution in [0.3, 0.4) is 0 Å². The van der Waals surface area contributed by atoms with Gasteiger partial charge >= 0.3 is 0 Å². The van der Waals surface area contributed by atoms with Crippen LogP contribution in [0.4, 0.5) is 5.82 Å². The minimum atomic E-state index is -1.25. The van der Waals surface area contributed by atoms with Crippen molar-refractivity contribution in [3.05, 3.63) is 24.4 Å². The first-order chi connectivity index (χ1) is 13.5. The third-order valence-corrected chi connectivity index (χ3v) is 4.46. The van der Waals surface area contributed by atoms with Gasteiger partial charge in [-0.3, -0.25) is 4.57 Å². The number of nitrogens with one attached hydrogen (secondary N) is 1. The largest absolute Gasteiger partial charge is 0.423 e. The van der Waals surface area contributed by atoms with E-state index < -0.39 is 24.5 Å². The molecule has 3 N–H and O–H groups in total. The molecule has 1 aliphatic rings. The van der Waals surface area contributed by atoms with Crippen LogP contribution in [-0.4, -0.2) is 71.9 Å². The fraction of sp³-hybridized carbons (Fsp3) is 0.562. The van der Waals surface area contributed by atoms with E-state index in [9.17, 15) is 10.2 Å². The van der Waals surface area contributed by atoms with Gasteiger partial charge in [-0.25, -0.2) is 15.0 Å². The molecule has 3 aromatic rings. The van der Waals surface area contributed by atoms with Gasteiger partial charge in [0.05, 0.1) is 12.9 Å². The molecule has 3 aromatic heterocycles. The highest BCUT2D eigenvalue weighted by Gasteiger charge is 2.47. The maximum atomic E-state index is 10.5. The van der Waals surface area contributed by atoms with Crippen molar-refractivity contribution < 1.29 is 24.1 Å². The highest BCUT2D eigenvalue weighted by Crippen LogP contribution is 2.39. The molecule has 0 unspecified atom stereocenters. The molecule has 150 valence electrons. The number of imidazole rings is 1. The van der Waals surface area contributed by atoms with Crippen molar-refractivity contribution >= 4 is 17.0 Å². The van der Waals surface area contributed by atoms with Gasteiger partial charge in [-0.05, 0) is 6.92 Å². The number of nitrogens with zero attached hydrogens (tertiary/aromatic N) is 6. The molecule has 1 aliphatic heterocycles. The lowest BCUT2D eigenvalue weighted by Crippen LogP contribution is -2.29. The minimum Gasteiger partial charge on any atom is -0.423 e. The van der Waals surface area contributed by atoms with E-state index in [-0.39, 0.29) is 11.9 Å². The van der Waals surface area contributed by atoms with Crippen molar-refractivity contribution in [1.82, 2.24) is 29.7 Å². The first-order valence-corrected chi connectivity index (χ1v) is 8.74. The molecule has 4 rings (SSSR count). The van der Waals surface area contributed by atoms with Crippen LogP contribution < -0.4 is 5.32 Å². The summed E-state index contributed by atoms with van der Waals surface area (Å²) in [6.07, 6.45) is -1.51. The van der Waals surface area contributed by atoms with Crippen LogP contribution in [0.5, 0.6) is 0 Å². The number of fused-ring (bicyclic) bond motifs is 1. The van der Waals surface area contributed by atoms with E-state index in [1.165, 1.54) is 12.7 Å². The van der Waals surface area contributed by atoms with Gasteiger partial charge in [0.2, 0.25) is 11.8 Å². The normalized spacial score (nSPS) is 26.0. The van der Waals surface area contributed by atoms with Crippen LogP contribution in [0.25, 0.3) is 11.2 Å².